The summed E-state index contributed by atoms with van der Waals surface area (Å²) in [6.07, 6.45) is 5.39. The van der Waals surface area contributed by atoms with Crippen LogP contribution in [0.2, 0.25) is 0 Å². The zero-order valence-corrected chi connectivity index (χ0v) is 35.7. The van der Waals surface area contributed by atoms with Gasteiger partial charge < -0.3 is 5.11 Å². The zero-order valence-electron chi connectivity index (χ0n) is 34.5. The van der Waals surface area contributed by atoms with E-state index < -0.39 is 11.8 Å². The Balaban J connectivity index is 0.000000347. The molecule has 0 saturated heterocycles. The van der Waals surface area contributed by atoms with Crippen LogP contribution in [-0.4, -0.2) is 15.9 Å². The number of thiophene rings is 1. The van der Waals surface area contributed by atoms with E-state index in [0.29, 0.717) is 0 Å². The molecule has 3 nitrogen and oxygen atoms in total. The number of allylic oxidation sites excluding steroid dienone is 2. The van der Waals surface area contributed by atoms with Crippen molar-refractivity contribution in [2.24, 2.45) is 17.3 Å². The zero-order chi connectivity index (χ0) is 38.9. The van der Waals surface area contributed by atoms with Gasteiger partial charge in [0.2, 0.25) is 0 Å². The van der Waals surface area contributed by atoms with Gasteiger partial charge in [-0.15, -0.1) is 40.5 Å². The molecule has 52 heavy (non-hydrogen) atoms. The van der Waals surface area contributed by atoms with Gasteiger partial charge in [0.05, 0.1) is 5.76 Å². The molecule has 4 aromatic carbocycles. The molecular weight excluding hydrogens is 835 g/mol. The largest absolute Gasteiger partial charge is 0.512 e. The number of benzene rings is 4. The Labute approximate surface area is 332 Å². The van der Waals surface area contributed by atoms with Crippen LogP contribution in [0.15, 0.2) is 84.8 Å². The summed E-state index contributed by atoms with van der Waals surface area (Å²) in [5.74, 6) is 0.547. The molecule has 6 rings (SSSR count). The molecule has 1 N–H and O–H groups in total. The Morgan fingerprint density at radius 2 is 1.46 bits per heavy atom. The first-order valence-corrected chi connectivity index (χ1v) is 19.4. The van der Waals surface area contributed by atoms with Crippen LogP contribution in [0.1, 0.15) is 109 Å². The number of rotatable bonds is 9. The predicted octanol–water partition coefficient (Wildman–Crippen LogP) is 14.0. The number of fused-ring (bicyclic) bond motifs is 6. The standard InChI is InChI=1S/C34H32NS.C13H24O2.Ir/c1-33(2,3)20-21-11-13-26-23(17-21)12-14-27-28-15-16-35-30(32(28)36-31(26)27)24-18-22-9-7-8-10-25(22)29(19-24)34(4,5)6;1-5-10(6-2)12(14)9-13(15)11(7-3)8-4;/h7-17,19H,20H2,1-6H3;9-11,14H,5-8H2,1-4H3;/q-1;;/b;12-9-;/i20D2;;. The number of nitrogens with zero attached hydrogens (tertiary/aromatic N) is 1. The van der Waals surface area contributed by atoms with Crippen molar-refractivity contribution < 1.29 is 32.7 Å². The Kier molecular flexibility index (Phi) is 12.7. The molecule has 0 aliphatic heterocycles. The summed E-state index contributed by atoms with van der Waals surface area (Å²) < 4.78 is 19.9. The van der Waals surface area contributed by atoms with E-state index in [4.69, 9.17) is 7.73 Å². The first-order chi connectivity index (χ1) is 25.0. The summed E-state index contributed by atoms with van der Waals surface area (Å²) in [7, 11) is 0. The third kappa shape index (κ3) is 9.22. The van der Waals surface area contributed by atoms with Crippen molar-refractivity contribution in [1.29, 1.82) is 0 Å². The maximum Gasteiger partial charge on any atom is 0.162 e. The van der Waals surface area contributed by atoms with Crippen LogP contribution >= 0.6 is 11.3 Å². The van der Waals surface area contributed by atoms with Crippen LogP contribution in [0.25, 0.3) is 53.0 Å². The number of aliphatic hydroxyl groups excluding tert-OH is 1. The summed E-state index contributed by atoms with van der Waals surface area (Å²) in [5, 5.41) is 16.7. The third-order valence-electron chi connectivity index (χ3n) is 9.81. The van der Waals surface area contributed by atoms with Crippen molar-refractivity contribution in [2.75, 3.05) is 0 Å². The van der Waals surface area contributed by atoms with E-state index in [1.165, 1.54) is 32.5 Å². The average molecular weight is 893 g/mol. The number of hydrogen-bond acceptors (Lipinski definition) is 4. The molecule has 5 heteroatoms. The number of aliphatic hydroxyl groups is 1. The topological polar surface area (TPSA) is 50.2 Å². The van der Waals surface area contributed by atoms with Gasteiger partial charge >= 0.3 is 0 Å². The molecule has 6 aromatic rings. The van der Waals surface area contributed by atoms with Gasteiger partial charge in [-0.05, 0) is 70.7 Å². The second kappa shape index (κ2) is 17.2. The number of hydrogen-bond donors (Lipinski definition) is 1. The van der Waals surface area contributed by atoms with Gasteiger partial charge in [0.1, 0.15) is 0 Å². The Morgan fingerprint density at radius 3 is 2.10 bits per heavy atom. The van der Waals surface area contributed by atoms with Gasteiger partial charge in [0.25, 0.3) is 0 Å². The van der Waals surface area contributed by atoms with E-state index in [1.807, 2.05) is 66.8 Å². The fraction of sp³-hybridized carbons (Fsp3) is 0.404. The Hall–Kier alpha value is -3.37. The van der Waals surface area contributed by atoms with Gasteiger partial charge in [-0.25, -0.2) is 0 Å². The fourth-order valence-electron chi connectivity index (χ4n) is 6.95. The van der Waals surface area contributed by atoms with Crippen molar-refractivity contribution >= 4 is 58.8 Å². The van der Waals surface area contributed by atoms with E-state index in [-0.39, 0.29) is 48.9 Å². The van der Waals surface area contributed by atoms with Crippen LogP contribution in [0, 0.1) is 23.3 Å². The molecule has 0 unspecified atom stereocenters. The molecule has 2 heterocycles. The van der Waals surface area contributed by atoms with Crippen molar-refractivity contribution in [3.05, 3.63) is 102 Å². The number of pyridine rings is 1. The molecule has 0 aliphatic carbocycles. The van der Waals surface area contributed by atoms with E-state index >= 15 is 0 Å². The Morgan fingerprint density at radius 1 is 0.827 bits per heavy atom. The number of aromatic nitrogens is 1. The van der Waals surface area contributed by atoms with Crippen LogP contribution in [-0.2, 0) is 36.7 Å². The van der Waals surface area contributed by atoms with Crippen molar-refractivity contribution in [2.45, 2.75) is 107 Å². The maximum absolute atomic E-state index is 11.7. The molecule has 0 amide bonds. The maximum atomic E-state index is 11.7. The molecule has 0 atom stereocenters. The second-order valence-electron chi connectivity index (χ2n) is 15.8. The quantitative estimate of drug-likeness (QED) is 0.0894. The molecule has 0 bridgehead atoms. The summed E-state index contributed by atoms with van der Waals surface area (Å²) >= 11 is 1.77. The molecule has 0 fully saturated rings. The van der Waals surface area contributed by atoms with E-state index in [9.17, 15) is 9.90 Å². The summed E-state index contributed by atoms with van der Waals surface area (Å²) in [6.45, 7) is 20.7. The van der Waals surface area contributed by atoms with Gasteiger partial charge in [0, 0.05) is 67.4 Å². The Bertz CT molecular complexity index is 2290. The number of carbonyl (C=O) groups excluding carboxylic acids is 1. The normalized spacial score (nSPS) is 13.3. The summed E-state index contributed by atoms with van der Waals surface area (Å²) in [4.78, 5) is 16.6. The minimum absolute atomic E-state index is 0. The fourth-order valence-corrected chi connectivity index (χ4v) is 8.28. The minimum atomic E-state index is -1.43. The van der Waals surface area contributed by atoms with Gasteiger partial charge in [-0.2, -0.15) is 0 Å². The molecular formula is C47H56IrNO2S-. The molecule has 2 aromatic heterocycles. The summed E-state index contributed by atoms with van der Waals surface area (Å²) in [6, 6.07) is 26.9. The molecule has 0 saturated carbocycles. The number of ketones is 1. The van der Waals surface area contributed by atoms with Gasteiger partial charge in [0.15, 0.2) is 5.78 Å². The van der Waals surface area contributed by atoms with Crippen LogP contribution < -0.4 is 0 Å². The van der Waals surface area contributed by atoms with Crippen molar-refractivity contribution in [1.82, 2.24) is 4.98 Å². The smallest absolute Gasteiger partial charge is 0.162 e. The molecule has 1 radical (unpaired) electrons. The monoisotopic (exact) mass is 893 g/mol. The van der Waals surface area contributed by atoms with Gasteiger partial charge in [-0.3, -0.25) is 9.78 Å². The van der Waals surface area contributed by atoms with Crippen LogP contribution in [0.4, 0.5) is 0 Å². The second-order valence-corrected chi connectivity index (χ2v) is 16.8. The number of carbonyl (C=O) groups is 1. The third-order valence-corrected chi connectivity index (χ3v) is 11.1. The van der Waals surface area contributed by atoms with Gasteiger partial charge in [-0.1, -0.05) is 129 Å². The summed E-state index contributed by atoms with van der Waals surface area (Å²) in [5.41, 5.74) is 3.51. The average Bonchev–Trinajstić information content (AvgIpc) is 3.51. The van der Waals surface area contributed by atoms with Crippen molar-refractivity contribution in [3.63, 3.8) is 0 Å². The first kappa shape index (κ1) is 38.4. The SMILES string of the molecule is CCC(CC)C(=O)/C=C(\O)C(CC)CC.[2H]C([2H])(c1ccc2c(ccc3c4ccnc(-c5[c-]c6ccccc6c(C(C)(C)C)c5)c4sc23)c1)C(C)(C)C.[Ir]. The molecule has 277 valence electrons. The van der Waals surface area contributed by atoms with Crippen LogP contribution in [0.3, 0.4) is 0 Å². The van der Waals surface area contributed by atoms with Crippen LogP contribution in [0.5, 0.6) is 0 Å². The van der Waals surface area contributed by atoms with Crippen molar-refractivity contribution in [3.8, 4) is 11.3 Å². The predicted molar refractivity (Wildman–Crippen MR) is 222 cm³/mol. The van der Waals surface area contributed by atoms with E-state index in [2.05, 4.69) is 81.4 Å². The van der Waals surface area contributed by atoms with E-state index in [0.717, 1.165) is 63.4 Å². The van der Waals surface area contributed by atoms with E-state index in [1.54, 1.807) is 11.3 Å². The minimum Gasteiger partial charge on any atom is -0.512 e. The molecule has 0 spiro atoms. The molecule has 0 aliphatic rings. The first-order valence-electron chi connectivity index (χ1n) is 19.6.